The molecule has 2 aromatic heterocycles. The fourth-order valence-electron chi connectivity index (χ4n) is 3.87. The van der Waals surface area contributed by atoms with E-state index in [2.05, 4.69) is 4.98 Å². The Balaban J connectivity index is 1.62. The molecule has 1 aliphatic rings. The minimum absolute atomic E-state index is 0.0183. The van der Waals surface area contributed by atoms with E-state index in [0.29, 0.717) is 41.5 Å². The van der Waals surface area contributed by atoms with Gasteiger partial charge in [-0.15, -0.1) is 0 Å². The number of sulfonamides is 1. The number of benzene rings is 2. The highest BCUT2D eigenvalue weighted by Crippen LogP contribution is 2.32. The molecule has 4 aromatic rings. The summed E-state index contributed by atoms with van der Waals surface area (Å²) in [6, 6.07) is 12.9. The van der Waals surface area contributed by atoms with Crippen molar-refractivity contribution in [1.82, 2.24) is 9.29 Å². The predicted octanol–water partition coefficient (Wildman–Crippen LogP) is 3.38. The van der Waals surface area contributed by atoms with Crippen LogP contribution in [0.2, 0.25) is 0 Å². The van der Waals surface area contributed by atoms with Gasteiger partial charge < -0.3 is 19.0 Å². The summed E-state index contributed by atoms with van der Waals surface area (Å²) in [4.78, 5) is 16.6. The van der Waals surface area contributed by atoms with Gasteiger partial charge in [-0.05, 0) is 42.5 Å². The van der Waals surface area contributed by atoms with E-state index in [1.54, 1.807) is 25.3 Å². The quantitative estimate of drug-likeness (QED) is 0.473. The Labute approximate surface area is 189 Å². The molecule has 0 unspecified atom stereocenters. The van der Waals surface area contributed by atoms with Crippen molar-refractivity contribution in [2.75, 3.05) is 33.4 Å². The van der Waals surface area contributed by atoms with Crippen LogP contribution in [0.25, 0.3) is 33.3 Å². The van der Waals surface area contributed by atoms with Crippen molar-refractivity contribution in [3.63, 3.8) is 0 Å². The normalized spacial score (nSPS) is 15.2. The second-order valence-electron chi connectivity index (χ2n) is 7.57. The van der Waals surface area contributed by atoms with Crippen LogP contribution in [0.15, 0.2) is 57.8 Å². The smallest absolute Gasteiger partial charge is 0.336 e. The maximum atomic E-state index is 13.0. The van der Waals surface area contributed by atoms with E-state index in [4.69, 9.17) is 13.9 Å². The summed E-state index contributed by atoms with van der Waals surface area (Å²) in [6.07, 6.45) is 0. The Bertz CT molecular complexity index is 1490. The van der Waals surface area contributed by atoms with Crippen molar-refractivity contribution in [1.29, 1.82) is 0 Å². The molecule has 0 saturated carbocycles. The van der Waals surface area contributed by atoms with E-state index in [1.807, 2.05) is 6.07 Å². The monoisotopic (exact) mass is 468 g/mol. The van der Waals surface area contributed by atoms with Crippen LogP contribution in [0.1, 0.15) is 10.4 Å². The van der Waals surface area contributed by atoms with E-state index in [1.165, 1.54) is 28.6 Å². The van der Waals surface area contributed by atoms with Crippen LogP contribution in [0.5, 0.6) is 5.75 Å². The first-order valence-electron chi connectivity index (χ1n) is 10.2. The fourth-order valence-corrected chi connectivity index (χ4v) is 5.30. The Morgan fingerprint density at radius 1 is 1.09 bits per heavy atom. The fraction of sp³-hybridized carbons (Fsp3) is 0.217. The zero-order valence-electron chi connectivity index (χ0n) is 17.6. The first-order valence-corrected chi connectivity index (χ1v) is 11.6. The first-order chi connectivity index (χ1) is 15.9. The first kappa shape index (κ1) is 21.4. The molecule has 2 aromatic carbocycles. The molecular formula is C23H20N2O7S. The molecular weight excluding hydrogens is 448 g/mol. The maximum absolute atomic E-state index is 13.0. The zero-order chi connectivity index (χ0) is 23.2. The van der Waals surface area contributed by atoms with Crippen molar-refractivity contribution in [3.8, 4) is 17.2 Å². The number of furan rings is 1. The van der Waals surface area contributed by atoms with E-state index >= 15 is 0 Å². The van der Waals surface area contributed by atoms with Crippen LogP contribution in [0.3, 0.4) is 0 Å². The van der Waals surface area contributed by atoms with E-state index in [0.717, 1.165) is 5.39 Å². The third-order valence-corrected chi connectivity index (χ3v) is 7.49. The lowest BCUT2D eigenvalue weighted by molar-refractivity contribution is 0.0699. The number of carbonyl (C=O) groups is 1. The molecule has 0 radical (unpaired) electrons. The Morgan fingerprint density at radius 3 is 2.61 bits per heavy atom. The summed E-state index contributed by atoms with van der Waals surface area (Å²) in [6.45, 7) is 1.14. The van der Waals surface area contributed by atoms with Gasteiger partial charge in [-0.25, -0.2) is 18.2 Å². The zero-order valence-corrected chi connectivity index (χ0v) is 18.5. The average molecular weight is 468 g/mol. The second-order valence-corrected chi connectivity index (χ2v) is 9.51. The van der Waals surface area contributed by atoms with Gasteiger partial charge in [0.05, 0.1) is 36.3 Å². The second kappa shape index (κ2) is 8.14. The number of hydrogen-bond donors (Lipinski definition) is 1. The number of rotatable bonds is 5. The minimum atomic E-state index is -3.78. The number of fused-ring (bicyclic) bond motifs is 2. The number of aromatic carboxylic acids is 1. The van der Waals surface area contributed by atoms with Gasteiger partial charge in [0.2, 0.25) is 10.0 Å². The van der Waals surface area contributed by atoms with Gasteiger partial charge in [-0.2, -0.15) is 4.31 Å². The van der Waals surface area contributed by atoms with Gasteiger partial charge >= 0.3 is 5.97 Å². The van der Waals surface area contributed by atoms with Crippen molar-refractivity contribution >= 4 is 37.9 Å². The van der Waals surface area contributed by atoms with Crippen molar-refractivity contribution in [3.05, 3.63) is 54.1 Å². The number of hydrogen-bond acceptors (Lipinski definition) is 7. The molecule has 0 bridgehead atoms. The summed E-state index contributed by atoms with van der Waals surface area (Å²) in [7, 11) is -2.22. The lowest BCUT2D eigenvalue weighted by Crippen LogP contribution is -2.40. The molecule has 33 heavy (non-hydrogen) atoms. The molecule has 1 aliphatic heterocycles. The molecule has 1 N–H and O–H groups in total. The lowest BCUT2D eigenvalue weighted by Gasteiger charge is -2.26. The summed E-state index contributed by atoms with van der Waals surface area (Å²) in [5.41, 5.74) is 1.20. The molecule has 0 amide bonds. The Kier molecular flexibility index (Phi) is 5.28. The molecule has 170 valence electrons. The number of methoxy groups -OCH3 is 1. The average Bonchev–Trinajstić information content (AvgIpc) is 3.26. The third-order valence-electron chi connectivity index (χ3n) is 5.60. The Hall–Kier alpha value is -3.47. The van der Waals surface area contributed by atoms with Gasteiger partial charge in [0.15, 0.2) is 5.76 Å². The van der Waals surface area contributed by atoms with Crippen molar-refractivity contribution in [2.45, 2.75) is 4.90 Å². The molecule has 10 heteroatoms. The van der Waals surface area contributed by atoms with Crippen molar-refractivity contribution in [2.24, 2.45) is 0 Å². The number of aromatic nitrogens is 1. The van der Waals surface area contributed by atoms with Gasteiger partial charge in [0.25, 0.3) is 0 Å². The maximum Gasteiger partial charge on any atom is 0.336 e. The number of morpholine rings is 1. The van der Waals surface area contributed by atoms with Gasteiger partial charge in [-0.3, -0.25) is 0 Å². The summed E-state index contributed by atoms with van der Waals surface area (Å²) < 4.78 is 43.7. The van der Waals surface area contributed by atoms with Crippen LogP contribution >= 0.6 is 0 Å². The standard InChI is InChI=1S/C23H20N2O7S/c1-30-15-3-2-14-10-22(32-21(14)11-15)20-13-18(23(26)27)17-12-16(4-5-19(17)24-20)33(28,29)25-6-8-31-9-7-25/h2-5,10-13H,6-9H2,1H3,(H,26,27). The van der Waals surface area contributed by atoms with Gasteiger partial charge in [0, 0.05) is 29.9 Å². The van der Waals surface area contributed by atoms with Crippen LogP contribution < -0.4 is 4.74 Å². The van der Waals surface area contributed by atoms with Crippen LogP contribution in [0, 0.1) is 0 Å². The number of carboxylic acids is 1. The van der Waals surface area contributed by atoms with Gasteiger partial charge in [-0.1, -0.05) is 0 Å². The largest absolute Gasteiger partial charge is 0.497 e. The van der Waals surface area contributed by atoms with Crippen LogP contribution in [-0.4, -0.2) is 62.2 Å². The van der Waals surface area contributed by atoms with E-state index in [-0.39, 0.29) is 28.9 Å². The molecule has 0 atom stereocenters. The number of pyridine rings is 1. The van der Waals surface area contributed by atoms with Crippen LogP contribution in [-0.2, 0) is 14.8 Å². The molecule has 1 saturated heterocycles. The highest BCUT2D eigenvalue weighted by atomic mass is 32.2. The van der Waals surface area contributed by atoms with E-state index < -0.39 is 16.0 Å². The van der Waals surface area contributed by atoms with E-state index in [9.17, 15) is 18.3 Å². The number of nitrogens with zero attached hydrogens (tertiary/aromatic N) is 2. The van der Waals surface area contributed by atoms with Crippen molar-refractivity contribution < 1.29 is 32.2 Å². The molecule has 5 rings (SSSR count). The minimum Gasteiger partial charge on any atom is -0.497 e. The lowest BCUT2D eigenvalue weighted by atomic mass is 10.1. The topological polar surface area (TPSA) is 119 Å². The Morgan fingerprint density at radius 2 is 1.88 bits per heavy atom. The van der Waals surface area contributed by atoms with Crippen LogP contribution in [0.4, 0.5) is 0 Å². The molecule has 9 nitrogen and oxygen atoms in total. The molecule has 0 aliphatic carbocycles. The molecule has 0 spiro atoms. The highest BCUT2D eigenvalue weighted by molar-refractivity contribution is 7.89. The highest BCUT2D eigenvalue weighted by Gasteiger charge is 2.27. The number of ether oxygens (including phenoxy) is 2. The van der Waals surface area contributed by atoms with Gasteiger partial charge in [0.1, 0.15) is 17.0 Å². The predicted molar refractivity (Wildman–Crippen MR) is 120 cm³/mol. The SMILES string of the molecule is COc1ccc2cc(-c3cc(C(=O)O)c4cc(S(=O)(=O)N5CCOCC5)ccc4n3)oc2c1. The summed E-state index contributed by atoms with van der Waals surface area (Å²) >= 11 is 0. The summed E-state index contributed by atoms with van der Waals surface area (Å²) in [5.74, 6) is -0.162. The molecule has 3 heterocycles. The number of carboxylic acid groups (broad SMARTS) is 1. The third kappa shape index (κ3) is 3.82. The summed E-state index contributed by atoms with van der Waals surface area (Å²) in [5, 5.41) is 10.9. The molecule has 1 fully saturated rings.